The van der Waals surface area contributed by atoms with Crippen molar-refractivity contribution in [3.8, 4) is 0 Å². The number of hydrogen-bond acceptors (Lipinski definition) is 2. The van der Waals surface area contributed by atoms with Crippen molar-refractivity contribution in [2.75, 3.05) is 0 Å². The van der Waals surface area contributed by atoms with Gasteiger partial charge in [-0.15, -0.1) is 12.4 Å². The molecule has 3 atom stereocenters. The van der Waals surface area contributed by atoms with Crippen molar-refractivity contribution in [1.82, 2.24) is 5.32 Å². The fourth-order valence-corrected chi connectivity index (χ4v) is 2.79. The number of amides is 1. The number of benzene rings is 2. The van der Waals surface area contributed by atoms with Crippen LogP contribution in [0.4, 0.5) is 0 Å². The van der Waals surface area contributed by atoms with Gasteiger partial charge in [0.05, 0.1) is 5.92 Å². The van der Waals surface area contributed by atoms with E-state index in [0.717, 1.165) is 16.5 Å². The predicted molar refractivity (Wildman–Crippen MR) is 105 cm³/mol. The lowest BCUT2D eigenvalue weighted by molar-refractivity contribution is -0.125. The number of halogens is 2. The van der Waals surface area contributed by atoms with Gasteiger partial charge >= 0.3 is 0 Å². The topological polar surface area (TPSA) is 55.1 Å². The molecule has 0 aliphatic rings. The fraction of sp³-hybridized carbons (Fsp3) is 0.316. The maximum Gasteiger partial charge on any atom is 0.224 e. The quantitative estimate of drug-likeness (QED) is 0.746. The number of nitrogens with two attached hydrogens (primary N) is 1. The van der Waals surface area contributed by atoms with Crippen LogP contribution in [0.3, 0.4) is 0 Å². The maximum atomic E-state index is 12.4. The molecular weight excluding hydrogens is 388 g/mol. The predicted octanol–water partition coefficient (Wildman–Crippen LogP) is 4.25. The van der Waals surface area contributed by atoms with Crippen LogP contribution >= 0.6 is 28.3 Å². The molecule has 0 spiro atoms. The second-order valence-electron chi connectivity index (χ2n) is 5.97. The van der Waals surface area contributed by atoms with Crippen LogP contribution in [0.5, 0.6) is 0 Å². The van der Waals surface area contributed by atoms with Crippen molar-refractivity contribution in [3.63, 3.8) is 0 Å². The molecule has 0 heterocycles. The zero-order valence-electron chi connectivity index (χ0n) is 13.9. The van der Waals surface area contributed by atoms with Crippen LogP contribution in [0.15, 0.2) is 59.1 Å². The average molecular weight is 412 g/mol. The molecule has 0 aromatic heterocycles. The minimum atomic E-state index is -0.295. The highest BCUT2D eigenvalue weighted by Gasteiger charge is 2.23. The molecule has 0 aliphatic heterocycles. The van der Waals surface area contributed by atoms with Gasteiger partial charge in [0.15, 0.2) is 0 Å². The van der Waals surface area contributed by atoms with Gasteiger partial charge in [0.1, 0.15) is 0 Å². The first-order valence-corrected chi connectivity index (χ1v) is 8.62. The third kappa shape index (κ3) is 5.93. The maximum absolute atomic E-state index is 12.4. The van der Waals surface area contributed by atoms with Gasteiger partial charge in [-0.2, -0.15) is 0 Å². The van der Waals surface area contributed by atoms with Gasteiger partial charge in [-0.05, 0) is 36.6 Å². The SMILES string of the molecule is CC(Cc1ccc(Br)cc1)NC(=O)C(C)C(N)c1ccccc1.Cl. The molecule has 0 fully saturated rings. The summed E-state index contributed by atoms with van der Waals surface area (Å²) in [6, 6.07) is 17.7. The van der Waals surface area contributed by atoms with E-state index in [2.05, 4.69) is 33.4 Å². The molecule has 3 nitrogen and oxygen atoms in total. The number of carbonyl (C=O) groups is 1. The molecule has 1 amide bonds. The van der Waals surface area contributed by atoms with E-state index in [4.69, 9.17) is 5.73 Å². The van der Waals surface area contributed by atoms with E-state index in [1.54, 1.807) is 0 Å². The lowest BCUT2D eigenvalue weighted by Gasteiger charge is -2.22. The van der Waals surface area contributed by atoms with E-state index in [-0.39, 0.29) is 36.3 Å². The first-order valence-electron chi connectivity index (χ1n) is 7.82. The Kier molecular flexibility index (Phi) is 8.46. The molecule has 3 N–H and O–H groups in total. The van der Waals surface area contributed by atoms with Crippen LogP contribution in [0.25, 0.3) is 0 Å². The van der Waals surface area contributed by atoms with Crippen LogP contribution < -0.4 is 11.1 Å². The number of carbonyl (C=O) groups excluding carboxylic acids is 1. The summed E-state index contributed by atoms with van der Waals surface area (Å²) in [5.41, 5.74) is 8.40. The first-order chi connectivity index (χ1) is 11.0. The molecule has 0 bridgehead atoms. The summed E-state index contributed by atoms with van der Waals surface area (Å²) in [7, 11) is 0. The van der Waals surface area contributed by atoms with Crippen LogP contribution in [0.1, 0.15) is 31.0 Å². The molecule has 3 unspecified atom stereocenters. The largest absolute Gasteiger partial charge is 0.353 e. The molecule has 0 radical (unpaired) electrons. The zero-order valence-corrected chi connectivity index (χ0v) is 16.3. The molecule has 0 saturated carbocycles. The lowest BCUT2D eigenvalue weighted by atomic mass is 9.94. The van der Waals surface area contributed by atoms with Gasteiger partial charge < -0.3 is 11.1 Å². The minimum absolute atomic E-state index is 0. The molecular formula is C19H24BrClN2O. The second-order valence-corrected chi connectivity index (χ2v) is 6.88. The summed E-state index contributed by atoms with van der Waals surface area (Å²) in [4.78, 5) is 12.4. The van der Waals surface area contributed by atoms with Crippen LogP contribution in [-0.2, 0) is 11.2 Å². The fourth-order valence-electron chi connectivity index (χ4n) is 2.53. The molecule has 0 saturated heterocycles. The summed E-state index contributed by atoms with van der Waals surface area (Å²) >= 11 is 3.43. The summed E-state index contributed by atoms with van der Waals surface area (Å²) in [6.45, 7) is 3.89. The molecule has 0 aliphatic carbocycles. The molecule has 2 aromatic rings. The van der Waals surface area contributed by atoms with Crippen molar-refractivity contribution in [1.29, 1.82) is 0 Å². The molecule has 2 aromatic carbocycles. The average Bonchev–Trinajstić information content (AvgIpc) is 2.56. The smallest absolute Gasteiger partial charge is 0.224 e. The number of hydrogen-bond donors (Lipinski definition) is 2. The Hall–Kier alpha value is -1.36. The van der Waals surface area contributed by atoms with Gasteiger partial charge in [-0.3, -0.25) is 4.79 Å². The first kappa shape index (κ1) is 20.7. The molecule has 5 heteroatoms. The second kappa shape index (κ2) is 9.82. The van der Waals surface area contributed by atoms with E-state index >= 15 is 0 Å². The normalized spacial score (nSPS) is 14.2. The van der Waals surface area contributed by atoms with E-state index in [0.29, 0.717) is 0 Å². The molecule has 130 valence electrons. The van der Waals surface area contributed by atoms with Crippen molar-refractivity contribution < 1.29 is 4.79 Å². The van der Waals surface area contributed by atoms with Crippen LogP contribution in [0.2, 0.25) is 0 Å². The Morgan fingerprint density at radius 1 is 1.08 bits per heavy atom. The standard InChI is InChI=1S/C19H23BrN2O.ClH/c1-13(12-15-8-10-17(20)11-9-15)22-19(23)14(2)18(21)16-6-4-3-5-7-16;/h3-11,13-14,18H,12,21H2,1-2H3,(H,22,23);1H. The third-order valence-corrected chi connectivity index (χ3v) is 4.51. The van der Waals surface area contributed by atoms with E-state index in [9.17, 15) is 4.79 Å². The summed E-state index contributed by atoms with van der Waals surface area (Å²) in [5, 5.41) is 3.06. The van der Waals surface area contributed by atoms with Crippen LogP contribution in [0, 0.1) is 5.92 Å². The minimum Gasteiger partial charge on any atom is -0.353 e. The van der Waals surface area contributed by atoms with Crippen molar-refractivity contribution in [2.45, 2.75) is 32.4 Å². The zero-order chi connectivity index (χ0) is 16.8. The summed E-state index contributed by atoms with van der Waals surface area (Å²) in [6.07, 6.45) is 0.798. The number of nitrogens with one attached hydrogen (secondary N) is 1. The molecule has 2 rings (SSSR count). The lowest BCUT2D eigenvalue weighted by Crippen LogP contribution is -2.41. The highest BCUT2D eigenvalue weighted by atomic mass is 79.9. The Balaban J connectivity index is 0.00000288. The van der Waals surface area contributed by atoms with E-state index < -0.39 is 0 Å². The summed E-state index contributed by atoms with van der Waals surface area (Å²) in [5.74, 6) is -0.282. The van der Waals surface area contributed by atoms with Crippen molar-refractivity contribution in [3.05, 3.63) is 70.2 Å². The van der Waals surface area contributed by atoms with Gasteiger partial charge in [-0.25, -0.2) is 0 Å². The Morgan fingerprint density at radius 3 is 2.25 bits per heavy atom. The van der Waals surface area contributed by atoms with Crippen molar-refractivity contribution in [2.24, 2.45) is 11.7 Å². The third-order valence-electron chi connectivity index (χ3n) is 3.98. The summed E-state index contributed by atoms with van der Waals surface area (Å²) < 4.78 is 1.06. The van der Waals surface area contributed by atoms with Gasteiger partial charge in [0.2, 0.25) is 5.91 Å². The highest BCUT2D eigenvalue weighted by Crippen LogP contribution is 2.19. The van der Waals surface area contributed by atoms with E-state index in [1.165, 1.54) is 5.56 Å². The number of rotatable bonds is 6. The monoisotopic (exact) mass is 410 g/mol. The van der Waals surface area contributed by atoms with Gasteiger partial charge in [-0.1, -0.05) is 65.3 Å². The van der Waals surface area contributed by atoms with Crippen LogP contribution in [-0.4, -0.2) is 11.9 Å². The Labute approximate surface area is 158 Å². The molecule has 24 heavy (non-hydrogen) atoms. The Morgan fingerprint density at radius 2 is 1.67 bits per heavy atom. The Bertz CT molecular complexity index is 634. The highest BCUT2D eigenvalue weighted by molar-refractivity contribution is 9.10. The van der Waals surface area contributed by atoms with Gasteiger partial charge in [0.25, 0.3) is 0 Å². The van der Waals surface area contributed by atoms with Crippen molar-refractivity contribution >= 4 is 34.2 Å². The van der Waals surface area contributed by atoms with E-state index in [1.807, 2.05) is 56.3 Å². The van der Waals surface area contributed by atoms with Gasteiger partial charge in [0, 0.05) is 16.6 Å².